The molecule has 190 valence electrons. The fourth-order valence-corrected chi connectivity index (χ4v) is 4.28. The summed E-state index contributed by atoms with van der Waals surface area (Å²) in [6.07, 6.45) is 0.132. The molecule has 0 spiro atoms. The van der Waals surface area contributed by atoms with Gasteiger partial charge in [-0.2, -0.15) is 4.39 Å². The second-order valence-electron chi connectivity index (χ2n) is 7.86. The first-order valence-corrected chi connectivity index (χ1v) is 12.1. The first-order valence-electron chi connectivity index (χ1n) is 10.6. The number of carbonyl (C=O) groups excluding carboxylic acids is 1. The van der Waals surface area contributed by atoms with Crippen LogP contribution < -0.4 is 25.2 Å². The maximum Gasteiger partial charge on any atom is 0.338 e. The number of H-pyrrole nitrogens is 1. The van der Waals surface area contributed by atoms with Gasteiger partial charge in [-0.25, -0.2) is 14.2 Å². The van der Waals surface area contributed by atoms with Crippen molar-refractivity contribution in [2.75, 3.05) is 6.61 Å². The number of nitrogens with zero attached hydrogens (tertiary/aromatic N) is 2. The third-order valence-electron chi connectivity index (χ3n) is 5.21. The summed E-state index contributed by atoms with van der Waals surface area (Å²) >= 11 is 0. The Morgan fingerprint density at radius 2 is 2.03 bits per heavy atom. The molecule has 0 bridgehead atoms. The summed E-state index contributed by atoms with van der Waals surface area (Å²) in [7, 11) is -3.21. The molecule has 3 heterocycles. The smallest absolute Gasteiger partial charge is 0.338 e. The van der Waals surface area contributed by atoms with Gasteiger partial charge in [0, 0.05) is 12.5 Å². The molecule has 0 amide bonds. The van der Waals surface area contributed by atoms with Crippen LogP contribution in [-0.2, 0) is 25.6 Å². The minimum Gasteiger partial charge on any atom is -0.746 e. The Labute approximate surface area is 203 Å². The van der Waals surface area contributed by atoms with E-state index in [2.05, 4.69) is 0 Å². The summed E-state index contributed by atoms with van der Waals surface area (Å²) in [5.74, 6) is -1.96. The fourth-order valence-electron chi connectivity index (χ4n) is 3.53. The minimum atomic E-state index is -4.88. The molecule has 1 saturated heterocycles. The van der Waals surface area contributed by atoms with Crippen molar-refractivity contribution in [3.8, 4) is 5.75 Å². The van der Waals surface area contributed by atoms with Gasteiger partial charge in [-0.15, -0.1) is 0 Å². The number of rotatable bonds is 8. The van der Waals surface area contributed by atoms with E-state index in [-0.39, 0.29) is 17.7 Å². The van der Waals surface area contributed by atoms with E-state index in [4.69, 9.17) is 18.5 Å². The van der Waals surface area contributed by atoms with Gasteiger partial charge < -0.3 is 23.4 Å². The summed E-state index contributed by atoms with van der Waals surface area (Å²) < 4.78 is 49.6. The van der Waals surface area contributed by atoms with Crippen molar-refractivity contribution in [1.82, 2.24) is 9.55 Å². The molecule has 0 saturated carbocycles. The molecule has 2 aromatic heterocycles. The third-order valence-corrected chi connectivity index (χ3v) is 6.11. The van der Waals surface area contributed by atoms with Crippen molar-refractivity contribution in [1.29, 1.82) is 0 Å². The van der Waals surface area contributed by atoms with E-state index < -0.39 is 55.9 Å². The van der Waals surface area contributed by atoms with Crippen LogP contribution in [-0.4, -0.2) is 34.3 Å². The number of aromatic nitrogens is 3. The molecule has 1 aliphatic heterocycles. The Bertz CT molecular complexity index is 1410. The van der Waals surface area contributed by atoms with Crippen LogP contribution in [0.3, 0.4) is 0 Å². The molecule has 1 unspecified atom stereocenters. The normalized spacial score (nSPS) is 21.0. The standard InChI is InChI=1S/C22H21FN3O9P/c1-25-9-5-8-15(11-25)35-36(30,31)32-13-18-17(34-21(28)14-6-3-2-4-7-14)10-19(33-18)26-12-16(23)20(27)24-22(26)29/h2-9,11-12,17-19H,10,13H2,1H3,(H-,24,27,29,30,31)/t17-,18+,19+/m0/s1. The van der Waals surface area contributed by atoms with Crippen molar-refractivity contribution in [2.45, 2.75) is 24.9 Å². The van der Waals surface area contributed by atoms with E-state index in [9.17, 15) is 28.2 Å². The molecule has 4 rings (SSSR count). The maximum absolute atomic E-state index is 13.8. The number of aromatic amines is 1. The molecular weight excluding hydrogens is 500 g/mol. The quantitative estimate of drug-likeness (QED) is 0.255. The monoisotopic (exact) mass is 521 g/mol. The number of esters is 1. The first-order chi connectivity index (χ1) is 17.1. The van der Waals surface area contributed by atoms with E-state index in [1.165, 1.54) is 24.4 Å². The first kappa shape index (κ1) is 25.5. The predicted octanol–water partition coefficient (Wildman–Crippen LogP) is 0.577. The Balaban J connectivity index is 1.52. The summed E-state index contributed by atoms with van der Waals surface area (Å²) in [4.78, 5) is 50.3. The summed E-state index contributed by atoms with van der Waals surface area (Å²) in [6, 6.07) is 11.0. The molecule has 4 atom stereocenters. The number of pyridine rings is 1. The number of nitrogens with one attached hydrogen (secondary N) is 1. The highest BCUT2D eigenvalue weighted by molar-refractivity contribution is 7.46. The van der Waals surface area contributed by atoms with E-state index in [1.807, 2.05) is 4.98 Å². The fraction of sp³-hybridized carbons (Fsp3) is 0.273. The van der Waals surface area contributed by atoms with E-state index in [0.717, 1.165) is 4.57 Å². The zero-order valence-electron chi connectivity index (χ0n) is 18.8. The lowest BCUT2D eigenvalue weighted by Crippen LogP contribution is -2.34. The average Bonchev–Trinajstić information content (AvgIpc) is 3.22. The van der Waals surface area contributed by atoms with E-state index in [1.54, 1.807) is 42.1 Å². The van der Waals surface area contributed by atoms with Gasteiger partial charge in [0.2, 0.25) is 12.0 Å². The Hall–Kier alpha value is -3.64. The van der Waals surface area contributed by atoms with Crippen LogP contribution in [0, 0.1) is 5.82 Å². The van der Waals surface area contributed by atoms with Crippen LogP contribution in [0.1, 0.15) is 23.0 Å². The molecule has 14 heteroatoms. The number of phosphoric ester groups is 1. The second kappa shape index (κ2) is 10.5. The van der Waals surface area contributed by atoms with Gasteiger partial charge in [-0.05, 0) is 18.2 Å². The number of hydrogen-bond acceptors (Lipinski definition) is 9. The van der Waals surface area contributed by atoms with Gasteiger partial charge in [0.15, 0.2) is 11.9 Å². The highest BCUT2D eigenvalue weighted by Crippen LogP contribution is 2.41. The van der Waals surface area contributed by atoms with Crippen LogP contribution in [0.2, 0.25) is 0 Å². The van der Waals surface area contributed by atoms with Crippen molar-refractivity contribution in [3.63, 3.8) is 0 Å². The van der Waals surface area contributed by atoms with Gasteiger partial charge >= 0.3 is 19.5 Å². The highest BCUT2D eigenvalue weighted by atomic mass is 31.2. The number of aryl methyl sites for hydroxylation is 1. The number of phosphoric acid groups is 1. The SMILES string of the molecule is C[n+]1cccc(OP(=O)([O-])OC[C@H]2O[C@@H](n3cc(F)c(=O)[nH]c3=O)C[C@@H]2OC(=O)c2ccccc2)c1. The van der Waals surface area contributed by atoms with Crippen LogP contribution in [0.4, 0.5) is 4.39 Å². The number of benzene rings is 1. The molecule has 1 N–H and O–H groups in total. The molecule has 36 heavy (non-hydrogen) atoms. The van der Waals surface area contributed by atoms with Crippen molar-refractivity contribution in [3.05, 3.63) is 93.3 Å². The number of hydrogen-bond donors (Lipinski definition) is 1. The van der Waals surface area contributed by atoms with Crippen LogP contribution in [0.5, 0.6) is 5.75 Å². The summed E-state index contributed by atoms with van der Waals surface area (Å²) in [5, 5.41) is 0. The molecule has 1 aromatic carbocycles. The van der Waals surface area contributed by atoms with Crippen LogP contribution >= 0.6 is 7.82 Å². The molecular formula is C22H21FN3O9P. The Morgan fingerprint density at radius 3 is 2.75 bits per heavy atom. The van der Waals surface area contributed by atoms with Gasteiger partial charge in [0.1, 0.15) is 25.5 Å². The molecule has 3 aromatic rings. The number of halogens is 1. The largest absolute Gasteiger partial charge is 0.746 e. The van der Waals surface area contributed by atoms with E-state index in [0.29, 0.717) is 6.20 Å². The van der Waals surface area contributed by atoms with E-state index >= 15 is 0 Å². The maximum atomic E-state index is 13.8. The lowest BCUT2D eigenvalue weighted by molar-refractivity contribution is -0.671. The molecule has 0 radical (unpaired) electrons. The van der Waals surface area contributed by atoms with Crippen molar-refractivity contribution >= 4 is 13.8 Å². The zero-order valence-corrected chi connectivity index (χ0v) is 19.7. The predicted molar refractivity (Wildman–Crippen MR) is 117 cm³/mol. The lowest BCUT2D eigenvalue weighted by Gasteiger charge is -2.25. The Kier molecular flexibility index (Phi) is 7.45. The van der Waals surface area contributed by atoms with Crippen LogP contribution in [0.25, 0.3) is 0 Å². The van der Waals surface area contributed by atoms with Gasteiger partial charge in [0.05, 0.1) is 18.4 Å². The highest BCUT2D eigenvalue weighted by Gasteiger charge is 2.40. The molecule has 1 aliphatic rings. The zero-order chi connectivity index (χ0) is 25.9. The van der Waals surface area contributed by atoms with Crippen LogP contribution in [0.15, 0.2) is 70.6 Å². The van der Waals surface area contributed by atoms with Crippen molar-refractivity contribution in [2.24, 2.45) is 7.05 Å². The Morgan fingerprint density at radius 1 is 1.28 bits per heavy atom. The molecule has 0 aliphatic carbocycles. The molecule has 1 fully saturated rings. The second-order valence-corrected chi connectivity index (χ2v) is 9.19. The lowest BCUT2D eigenvalue weighted by atomic mass is 10.1. The summed E-state index contributed by atoms with van der Waals surface area (Å²) in [5.41, 5.74) is -1.95. The number of carbonyl (C=O) groups is 1. The molecule has 12 nitrogen and oxygen atoms in total. The number of ether oxygens (including phenoxy) is 2. The average molecular weight is 521 g/mol. The van der Waals surface area contributed by atoms with Crippen molar-refractivity contribution < 1.29 is 41.7 Å². The topological polar surface area (TPSA) is 153 Å². The van der Waals surface area contributed by atoms with Gasteiger partial charge in [0.25, 0.3) is 5.56 Å². The van der Waals surface area contributed by atoms with Gasteiger partial charge in [-0.3, -0.25) is 18.9 Å². The summed E-state index contributed by atoms with van der Waals surface area (Å²) in [6.45, 7) is -0.635. The van der Waals surface area contributed by atoms with Gasteiger partial charge in [-0.1, -0.05) is 18.2 Å². The minimum absolute atomic E-state index is 0.00544. The third kappa shape index (κ3) is 6.13.